The first-order chi connectivity index (χ1) is 8.20. The third kappa shape index (κ3) is 2.62. The number of rotatable bonds is 4. The van der Waals surface area contributed by atoms with Gasteiger partial charge in [0.2, 0.25) is 0 Å². The number of nitrogens with two attached hydrogens (primary N) is 1. The molecule has 0 radical (unpaired) electrons. The van der Waals surface area contributed by atoms with Gasteiger partial charge in [0.1, 0.15) is 10.7 Å². The molecule has 1 aromatic carbocycles. The number of methoxy groups -OCH3 is 1. The molecule has 0 amide bonds. The van der Waals surface area contributed by atoms with Gasteiger partial charge in [0.15, 0.2) is 0 Å². The fraction of sp³-hybridized carbons (Fsp3) is 0.167. The van der Waals surface area contributed by atoms with Crippen molar-refractivity contribution in [3.8, 4) is 5.75 Å². The normalized spacial score (nSPS) is 10.2. The van der Waals surface area contributed by atoms with E-state index in [-0.39, 0.29) is 0 Å². The summed E-state index contributed by atoms with van der Waals surface area (Å²) >= 11 is 5.00. The highest BCUT2D eigenvalue weighted by Gasteiger charge is 2.07. The second-order valence-corrected chi connectivity index (χ2v) is 4.04. The first-order valence-electron chi connectivity index (χ1n) is 5.15. The summed E-state index contributed by atoms with van der Waals surface area (Å²) in [5.41, 5.74) is 7.50. The van der Waals surface area contributed by atoms with Gasteiger partial charge in [-0.1, -0.05) is 18.3 Å². The van der Waals surface area contributed by atoms with Gasteiger partial charge in [0.05, 0.1) is 19.2 Å². The third-order valence-corrected chi connectivity index (χ3v) is 2.65. The highest BCUT2D eigenvalue weighted by molar-refractivity contribution is 7.80. The molecule has 0 unspecified atom stereocenters. The Morgan fingerprint density at radius 2 is 2.35 bits per heavy atom. The molecule has 2 aromatic rings. The second-order valence-electron chi connectivity index (χ2n) is 3.60. The lowest BCUT2D eigenvalue weighted by Crippen LogP contribution is -2.12. The predicted octanol–water partition coefficient (Wildman–Crippen LogP) is 1.57. The molecular formula is C12H13N3OS. The largest absolute Gasteiger partial charge is 0.496 e. The minimum atomic E-state index is 0.337. The van der Waals surface area contributed by atoms with Crippen LogP contribution in [0, 0.1) is 0 Å². The Morgan fingerprint density at radius 1 is 1.53 bits per heavy atom. The van der Waals surface area contributed by atoms with Gasteiger partial charge >= 0.3 is 0 Å². The van der Waals surface area contributed by atoms with Crippen molar-refractivity contribution in [1.29, 1.82) is 0 Å². The summed E-state index contributed by atoms with van der Waals surface area (Å²) in [5.74, 6) is 0.696. The molecule has 0 bridgehead atoms. The van der Waals surface area contributed by atoms with Gasteiger partial charge in [-0.25, -0.2) is 0 Å². The van der Waals surface area contributed by atoms with Crippen molar-refractivity contribution in [1.82, 2.24) is 9.78 Å². The van der Waals surface area contributed by atoms with Gasteiger partial charge in [0.25, 0.3) is 0 Å². The van der Waals surface area contributed by atoms with Crippen molar-refractivity contribution in [3.05, 3.63) is 47.8 Å². The smallest absolute Gasteiger partial charge is 0.129 e. The Hall–Kier alpha value is -1.88. The Kier molecular flexibility index (Phi) is 3.39. The molecule has 2 N–H and O–H groups in total. The minimum Gasteiger partial charge on any atom is -0.496 e. The van der Waals surface area contributed by atoms with Gasteiger partial charge in [-0.05, 0) is 23.8 Å². The van der Waals surface area contributed by atoms with Crippen LogP contribution in [0.1, 0.15) is 11.1 Å². The van der Waals surface area contributed by atoms with E-state index in [0.717, 1.165) is 11.1 Å². The van der Waals surface area contributed by atoms with Crippen LogP contribution >= 0.6 is 12.2 Å². The van der Waals surface area contributed by atoms with Crippen LogP contribution < -0.4 is 10.5 Å². The summed E-state index contributed by atoms with van der Waals surface area (Å²) < 4.78 is 7.05. The first-order valence-corrected chi connectivity index (χ1v) is 5.55. The van der Waals surface area contributed by atoms with Crippen molar-refractivity contribution >= 4 is 17.2 Å². The SMILES string of the molecule is COc1ccc(Cn2cccn2)cc1C(N)=S. The summed E-state index contributed by atoms with van der Waals surface area (Å²) in [5, 5.41) is 4.15. The van der Waals surface area contributed by atoms with Crippen LogP contribution in [0.5, 0.6) is 5.75 Å². The lowest BCUT2D eigenvalue weighted by atomic mass is 10.1. The maximum atomic E-state index is 5.66. The van der Waals surface area contributed by atoms with E-state index >= 15 is 0 Å². The lowest BCUT2D eigenvalue weighted by molar-refractivity contribution is 0.414. The Labute approximate surface area is 105 Å². The number of aromatic nitrogens is 2. The zero-order valence-corrected chi connectivity index (χ0v) is 10.3. The second kappa shape index (κ2) is 4.97. The van der Waals surface area contributed by atoms with E-state index in [1.807, 2.05) is 35.1 Å². The van der Waals surface area contributed by atoms with Crippen molar-refractivity contribution in [2.45, 2.75) is 6.54 Å². The van der Waals surface area contributed by atoms with E-state index in [0.29, 0.717) is 17.3 Å². The van der Waals surface area contributed by atoms with Gasteiger partial charge in [-0.2, -0.15) is 5.10 Å². The van der Waals surface area contributed by atoms with E-state index in [1.165, 1.54) is 0 Å². The molecule has 0 spiro atoms. The maximum absolute atomic E-state index is 5.66. The Morgan fingerprint density at radius 3 is 2.94 bits per heavy atom. The van der Waals surface area contributed by atoms with E-state index in [4.69, 9.17) is 22.7 Å². The molecule has 1 aromatic heterocycles. The number of thiocarbonyl (C=S) groups is 1. The molecule has 0 aliphatic rings. The monoisotopic (exact) mass is 247 g/mol. The molecule has 0 aliphatic heterocycles. The molecule has 2 rings (SSSR count). The number of hydrogen-bond acceptors (Lipinski definition) is 3. The van der Waals surface area contributed by atoms with Crippen molar-refractivity contribution in [2.75, 3.05) is 7.11 Å². The van der Waals surface area contributed by atoms with Crippen LogP contribution in [0.4, 0.5) is 0 Å². The number of ether oxygens (including phenoxy) is 1. The molecule has 17 heavy (non-hydrogen) atoms. The van der Waals surface area contributed by atoms with E-state index < -0.39 is 0 Å². The predicted molar refractivity (Wildman–Crippen MR) is 70.2 cm³/mol. The highest BCUT2D eigenvalue weighted by atomic mass is 32.1. The molecule has 88 valence electrons. The summed E-state index contributed by atoms with van der Waals surface area (Å²) in [6, 6.07) is 7.66. The fourth-order valence-corrected chi connectivity index (χ4v) is 1.79. The minimum absolute atomic E-state index is 0.337. The molecule has 0 fully saturated rings. The van der Waals surface area contributed by atoms with Crippen LogP contribution in [0.2, 0.25) is 0 Å². The Bertz CT molecular complexity index is 523. The fourth-order valence-electron chi connectivity index (χ4n) is 1.63. The van der Waals surface area contributed by atoms with Crippen LogP contribution in [0.3, 0.4) is 0 Å². The van der Waals surface area contributed by atoms with E-state index in [9.17, 15) is 0 Å². The van der Waals surface area contributed by atoms with Gasteiger partial charge in [0, 0.05) is 12.4 Å². The molecule has 0 saturated heterocycles. The van der Waals surface area contributed by atoms with Crippen LogP contribution in [-0.2, 0) is 6.54 Å². The lowest BCUT2D eigenvalue weighted by Gasteiger charge is -2.09. The van der Waals surface area contributed by atoms with Crippen molar-refractivity contribution in [2.24, 2.45) is 5.73 Å². The number of nitrogens with zero attached hydrogens (tertiary/aromatic N) is 2. The standard InChI is InChI=1S/C12H13N3OS/c1-16-11-4-3-9(7-10(11)12(13)17)8-15-6-2-5-14-15/h2-7H,8H2,1H3,(H2,13,17). The van der Waals surface area contributed by atoms with Crippen LogP contribution in [0.15, 0.2) is 36.7 Å². The average Bonchev–Trinajstić information content (AvgIpc) is 2.81. The topological polar surface area (TPSA) is 53.1 Å². The third-order valence-electron chi connectivity index (χ3n) is 2.43. The number of benzene rings is 1. The van der Waals surface area contributed by atoms with Crippen molar-refractivity contribution < 1.29 is 4.74 Å². The molecule has 0 aliphatic carbocycles. The van der Waals surface area contributed by atoms with E-state index in [2.05, 4.69) is 5.10 Å². The van der Waals surface area contributed by atoms with Gasteiger partial charge in [-0.15, -0.1) is 0 Å². The molecule has 5 heteroatoms. The first kappa shape index (κ1) is 11.6. The van der Waals surface area contributed by atoms with Gasteiger partial charge < -0.3 is 10.5 Å². The zero-order chi connectivity index (χ0) is 12.3. The van der Waals surface area contributed by atoms with Gasteiger partial charge in [-0.3, -0.25) is 4.68 Å². The van der Waals surface area contributed by atoms with Crippen LogP contribution in [-0.4, -0.2) is 21.9 Å². The summed E-state index contributed by atoms with van der Waals surface area (Å²) in [6.45, 7) is 0.687. The zero-order valence-electron chi connectivity index (χ0n) is 9.46. The van der Waals surface area contributed by atoms with Crippen LogP contribution in [0.25, 0.3) is 0 Å². The molecular weight excluding hydrogens is 234 g/mol. The van der Waals surface area contributed by atoms with Crippen molar-refractivity contribution in [3.63, 3.8) is 0 Å². The average molecular weight is 247 g/mol. The Balaban J connectivity index is 2.30. The molecule has 0 saturated carbocycles. The quantitative estimate of drug-likeness (QED) is 0.833. The summed E-state index contributed by atoms with van der Waals surface area (Å²) in [6.07, 6.45) is 3.66. The summed E-state index contributed by atoms with van der Waals surface area (Å²) in [7, 11) is 1.60. The molecule has 0 atom stereocenters. The maximum Gasteiger partial charge on any atom is 0.129 e. The molecule has 1 heterocycles. The molecule has 4 nitrogen and oxygen atoms in total. The van der Waals surface area contributed by atoms with E-state index in [1.54, 1.807) is 13.3 Å². The number of hydrogen-bond donors (Lipinski definition) is 1. The highest BCUT2D eigenvalue weighted by Crippen LogP contribution is 2.20. The summed E-state index contributed by atoms with van der Waals surface area (Å²) in [4.78, 5) is 0.337.